The van der Waals surface area contributed by atoms with E-state index in [9.17, 15) is 4.79 Å². The van der Waals surface area contributed by atoms with Crippen LogP contribution in [-0.2, 0) is 0 Å². The van der Waals surface area contributed by atoms with Crippen molar-refractivity contribution in [2.75, 3.05) is 31.1 Å². The minimum Gasteiger partial charge on any atom is -0.364 e. The molecule has 5 nitrogen and oxygen atoms in total. The minimum atomic E-state index is -0.0321. The van der Waals surface area contributed by atoms with Gasteiger partial charge < -0.3 is 10.2 Å². The lowest BCUT2D eigenvalue weighted by atomic mass is 9.79. The molecule has 3 saturated heterocycles. The number of pyridine rings is 1. The minimum absolute atomic E-state index is 0.0321. The molecule has 1 N–H and O–H groups in total. The molecule has 2 atom stereocenters. The molecule has 0 aliphatic carbocycles. The lowest BCUT2D eigenvalue weighted by Crippen LogP contribution is -2.62. The number of thiophene rings is 1. The van der Waals surface area contributed by atoms with Crippen LogP contribution >= 0.6 is 11.3 Å². The van der Waals surface area contributed by atoms with Crippen LogP contribution in [0.3, 0.4) is 0 Å². The Morgan fingerprint density at radius 3 is 2.69 bits per heavy atom. The first-order valence-corrected chi connectivity index (χ1v) is 10.6. The molecular formula is C20H28N4OS. The van der Waals surface area contributed by atoms with E-state index in [1.54, 1.807) is 11.3 Å². The molecule has 5 heterocycles. The van der Waals surface area contributed by atoms with Crippen molar-refractivity contribution >= 4 is 32.3 Å². The maximum Gasteiger partial charge on any atom is 0.270 e. The molecule has 0 saturated carbocycles. The predicted octanol–water partition coefficient (Wildman–Crippen LogP) is 3.36. The fourth-order valence-corrected chi connectivity index (χ4v) is 5.70. The smallest absolute Gasteiger partial charge is 0.270 e. The zero-order valence-electron chi connectivity index (χ0n) is 15.9. The van der Waals surface area contributed by atoms with Gasteiger partial charge in [0.2, 0.25) is 0 Å². The van der Waals surface area contributed by atoms with Crippen molar-refractivity contribution in [3.05, 3.63) is 24.0 Å². The molecule has 0 aromatic carbocycles. The summed E-state index contributed by atoms with van der Waals surface area (Å²) in [7, 11) is 0. The second kappa shape index (κ2) is 7.16. The molecule has 0 unspecified atom stereocenters. The van der Waals surface area contributed by atoms with E-state index in [2.05, 4.69) is 46.9 Å². The summed E-state index contributed by atoms with van der Waals surface area (Å²) in [6.45, 7) is 10.9. The van der Waals surface area contributed by atoms with E-state index in [4.69, 9.17) is 0 Å². The quantitative estimate of drug-likeness (QED) is 0.874. The van der Waals surface area contributed by atoms with Crippen LogP contribution in [0.1, 0.15) is 44.1 Å². The highest BCUT2D eigenvalue weighted by Gasteiger charge is 2.40. The number of hydrogen-bond donors (Lipinski definition) is 1. The monoisotopic (exact) mass is 372 g/mol. The Kier molecular flexibility index (Phi) is 4.88. The highest BCUT2D eigenvalue weighted by atomic mass is 32.1. The van der Waals surface area contributed by atoms with Crippen molar-refractivity contribution in [1.29, 1.82) is 0 Å². The van der Waals surface area contributed by atoms with Crippen LogP contribution < -0.4 is 10.2 Å². The Morgan fingerprint density at radius 2 is 2.04 bits per heavy atom. The highest BCUT2D eigenvalue weighted by molar-refractivity contribution is 7.22. The van der Waals surface area contributed by atoms with Gasteiger partial charge >= 0.3 is 0 Å². The lowest BCUT2D eigenvalue weighted by Gasteiger charge is -2.49. The molecule has 3 aliphatic rings. The number of hydrogen-bond acceptors (Lipinski definition) is 5. The number of piperidine rings is 3. The van der Waals surface area contributed by atoms with Gasteiger partial charge in [0.25, 0.3) is 5.91 Å². The summed E-state index contributed by atoms with van der Waals surface area (Å²) < 4.78 is 1.13. The third-order valence-corrected chi connectivity index (χ3v) is 7.33. The van der Waals surface area contributed by atoms with E-state index in [-0.39, 0.29) is 11.9 Å². The van der Waals surface area contributed by atoms with Crippen LogP contribution in [0.5, 0.6) is 0 Å². The van der Waals surface area contributed by atoms with Gasteiger partial charge in [0, 0.05) is 41.5 Å². The Hall–Kier alpha value is -1.66. The van der Waals surface area contributed by atoms with Crippen LogP contribution in [0.4, 0.5) is 5.00 Å². The normalized spacial score (nSPS) is 27.7. The molecule has 1 amide bonds. The standard InChI is InChI=1S/C20H28N4OS/c1-4-23(5-2)18-10-15-12-21-16(11-17(15)26-18)20(25)22-19-13(3)24-8-6-14(19)7-9-24/h10-14,19H,4-9H2,1-3H3,(H,22,25)/t13-,19-/m0/s1. The van der Waals surface area contributed by atoms with Crippen LogP contribution in [0.25, 0.3) is 10.1 Å². The number of nitrogens with zero attached hydrogens (tertiary/aromatic N) is 3. The summed E-state index contributed by atoms with van der Waals surface area (Å²) in [6.07, 6.45) is 4.23. The molecule has 2 aromatic rings. The summed E-state index contributed by atoms with van der Waals surface area (Å²) in [4.78, 5) is 22.1. The predicted molar refractivity (Wildman–Crippen MR) is 108 cm³/mol. The number of carbonyl (C=O) groups excluding carboxylic acids is 1. The number of nitrogens with one attached hydrogen (secondary N) is 1. The Morgan fingerprint density at radius 1 is 1.31 bits per heavy atom. The first-order valence-electron chi connectivity index (χ1n) is 9.80. The number of amides is 1. The maximum atomic E-state index is 12.8. The number of fused-ring (bicyclic) bond motifs is 4. The summed E-state index contributed by atoms with van der Waals surface area (Å²) in [5, 5.41) is 5.65. The molecule has 6 heteroatoms. The molecule has 3 fully saturated rings. The summed E-state index contributed by atoms with van der Waals surface area (Å²) in [5.74, 6) is 0.578. The van der Waals surface area contributed by atoms with E-state index >= 15 is 0 Å². The van der Waals surface area contributed by atoms with Gasteiger partial charge in [-0.05, 0) is 64.8 Å². The zero-order valence-corrected chi connectivity index (χ0v) is 16.7. The molecule has 2 aromatic heterocycles. The Labute approximate surface area is 159 Å². The van der Waals surface area contributed by atoms with Gasteiger partial charge in [0.15, 0.2) is 0 Å². The Balaban J connectivity index is 1.53. The molecule has 26 heavy (non-hydrogen) atoms. The van der Waals surface area contributed by atoms with E-state index in [1.165, 1.54) is 30.9 Å². The van der Waals surface area contributed by atoms with Crippen molar-refractivity contribution in [1.82, 2.24) is 15.2 Å². The van der Waals surface area contributed by atoms with Crippen LogP contribution in [0.15, 0.2) is 18.3 Å². The summed E-state index contributed by atoms with van der Waals surface area (Å²) in [5.41, 5.74) is 0.536. The fraction of sp³-hybridized carbons (Fsp3) is 0.600. The number of anilines is 1. The van der Waals surface area contributed by atoms with E-state index in [0.717, 1.165) is 23.2 Å². The summed E-state index contributed by atoms with van der Waals surface area (Å²) in [6, 6.07) is 4.80. The molecule has 140 valence electrons. The first kappa shape index (κ1) is 17.7. The Bertz CT molecular complexity index is 790. The van der Waals surface area contributed by atoms with Gasteiger partial charge in [-0.1, -0.05) is 0 Å². The molecule has 0 spiro atoms. The number of aromatic nitrogens is 1. The van der Waals surface area contributed by atoms with E-state index < -0.39 is 0 Å². The average Bonchev–Trinajstić information content (AvgIpc) is 3.08. The van der Waals surface area contributed by atoms with Gasteiger partial charge in [-0.25, -0.2) is 0 Å². The fourth-order valence-electron chi connectivity index (χ4n) is 4.51. The van der Waals surface area contributed by atoms with Crippen LogP contribution in [-0.4, -0.2) is 54.1 Å². The topological polar surface area (TPSA) is 48.5 Å². The van der Waals surface area contributed by atoms with Crippen molar-refractivity contribution in [3.63, 3.8) is 0 Å². The average molecular weight is 373 g/mol. The molecule has 0 radical (unpaired) electrons. The third-order valence-electron chi connectivity index (χ3n) is 6.17. The number of rotatable bonds is 5. The molecular weight excluding hydrogens is 344 g/mol. The van der Waals surface area contributed by atoms with E-state index in [1.807, 2.05) is 12.3 Å². The van der Waals surface area contributed by atoms with Crippen LogP contribution in [0, 0.1) is 5.92 Å². The highest BCUT2D eigenvalue weighted by Crippen LogP contribution is 2.34. The van der Waals surface area contributed by atoms with Crippen molar-refractivity contribution in [2.24, 2.45) is 5.92 Å². The lowest BCUT2D eigenvalue weighted by molar-refractivity contribution is 0.0216. The first-order chi connectivity index (χ1) is 12.6. The van der Waals surface area contributed by atoms with Gasteiger partial charge in [-0.2, -0.15) is 0 Å². The van der Waals surface area contributed by atoms with Crippen molar-refractivity contribution < 1.29 is 4.79 Å². The third kappa shape index (κ3) is 3.09. The van der Waals surface area contributed by atoms with Gasteiger partial charge in [0.1, 0.15) is 5.69 Å². The maximum absolute atomic E-state index is 12.8. The van der Waals surface area contributed by atoms with Gasteiger partial charge in [-0.3, -0.25) is 14.7 Å². The summed E-state index contributed by atoms with van der Waals surface area (Å²) >= 11 is 1.74. The molecule has 2 bridgehead atoms. The second-order valence-electron chi connectivity index (χ2n) is 7.48. The second-order valence-corrected chi connectivity index (χ2v) is 8.54. The van der Waals surface area contributed by atoms with E-state index in [0.29, 0.717) is 17.7 Å². The largest absolute Gasteiger partial charge is 0.364 e. The van der Waals surface area contributed by atoms with Gasteiger partial charge in [-0.15, -0.1) is 11.3 Å². The molecule has 5 rings (SSSR count). The van der Waals surface area contributed by atoms with Crippen LogP contribution in [0.2, 0.25) is 0 Å². The molecule has 3 aliphatic heterocycles. The zero-order chi connectivity index (χ0) is 18.3. The number of carbonyl (C=O) groups is 1. The van der Waals surface area contributed by atoms with Gasteiger partial charge in [0.05, 0.1) is 5.00 Å². The van der Waals surface area contributed by atoms with Crippen molar-refractivity contribution in [3.8, 4) is 0 Å². The van der Waals surface area contributed by atoms with Crippen molar-refractivity contribution in [2.45, 2.75) is 45.7 Å². The SMILES string of the molecule is CCN(CC)c1cc2cnc(C(=O)N[C@@H]3C4CCN(CC4)[C@H]3C)cc2s1.